The van der Waals surface area contributed by atoms with Gasteiger partial charge in [-0.25, -0.2) is 0 Å². The van der Waals surface area contributed by atoms with Crippen LogP contribution in [0.5, 0.6) is 5.75 Å². The van der Waals surface area contributed by atoms with Crippen LogP contribution in [-0.2, 0) is 11.2 Å². The molecule has 0 aliphatic rings. The van der Waals surface area contributed by atoms with Gasteiger partial charge in [0, 0.05) is 11.9 Å². The minimum atomic E-state index is 0.0413. The van der Waals surface area contributed by atoms with Crippen LogP contribution in [0.25, 0.3) is 0 Å². The first-order chi connectivity index (χ1) is 7.26. The third-order valence-electron chi connectivity index (χ3n) is 1.94. The molecule has 0 bridgehead atoms. The Morgan fingerprint density at radius 3 is 2.60 bits per heavy atom. The van der Waals surface area contributed by atoms with Crippen molar-refractivity contribution in [3.05, 3.63) is 29.8 Å². The van der Waals surface area contributed by atoms with E-state index in [2.05, 4.69) is 21.2 Å². The van der Waals surface area contributed by atoms with Crippen molar-refractivity contribution in [3.8, 4) is 5.75 Å². The number of hydrogen-bond acceptors (Lipinski definition) is 2. The molecule has 0 heterocycles. The van der Waals surface area contributed by atoms with Gasteiger partial charge in [-0.1, -0.05) is 28.1 Å². The van der Waals surface area contributed by atoms with Crippen LogP contribution in [0.2, 0.25) is 0 Å². The van der Waals surface area contributed by atoms with E-state index in [1.165, 1.54) is 0 Å². The molecule has 4 heteroatoms. The fourth-order valence-electron chi connectivity index (χ4n) is 1.18. The van der Waals surface area contributed by atoms with E-state index in [0.717, 1.165) is 16.6 Å². The van der Waals surface area contributed by atoms with Gasteiger partial charge in [0.1, 0.15) is 5.75 Å². The molecule has 0 unspecified atom stereocenters. The smallest absolute Gasteiger partial charge is 0.224 e. The number of rotatable bonds is 5. The lowest BCUT2D eigenvalue weighted by Gasteiger charge is -2.04. The summed E-state index contributed by atoms with van der Waals surface area (Å²) in [5.74, 6) is 0.847. The Labute approximate surface area is 97.9 Å². The van der Waals surface area contributed by atoms with Crippen molar-refractivity contribution in [2.24, 2.45) is 0 Å². The monoisotopic (exact) mass is 271 g/mol. The normalized spacial score (nSPS) is 9.73. The molecule has 1 amide bonds. The van der Waals surface area contributed by atoms with E-state index < -0.39 is 0 Å². The van der Waals surface area contributed by atoms with E-state index >= 15 is 0 Å². The van der Waals surface area contributed by atoms with Crippen LogP contribution in [0.1, 0.15) is 5.56 Å². The standard InChI is InChI=1S/C11H14BrNO2/c1-15-10-4-2-9(3-5-10)8-11(14)13-7-6-12/h2-5H,6-8H2,1H3,(H,13,14). The molecular weight excluding hydrogens is 258 g/mol. The Morgan fingerprint density at radius 2 is 2.07 bits per heavy atom. The molecule has 3 nitrogen and oxygen atoms in total. The third-order valence-corrected chi connectivity index (χ3v) is 2.34. The lowest BCUT2D eigenvalue weighted by atomic mass is 10.1. The molecule has 1 aromatic rings. The van der Waals surface area contributed by atoms with Crippen LogP contribution in [0.4, 0.5) is 0 Å². The summed E-state index contributed by atoms with van der Waals surface area (Å²) in [6.45, 7) is 0.662. The largest absolute Gasteiger partial charge is 0.497 e. The number of carbonyl (C=O) groups excluding carboxylic acids is 1. The van der Waals surface area contributed by atoms with Crippen molar-refractivity contribution in [1.29, 1.82) is 0 Å². The summed E-state index contributed by atoms with van der Waals surface area (Å²) < 4.78 is 5.03. The van der Waals surface area contributed by atoms with Crippen LogP contribution < -0.4 is 10.1 Å². The van der Waals surface area contributed by atoms with Crippen LogP contribution >= 0.6 is 15.9 Å². The maximum absolute atomic E-state index is 11.4. The Morgan fingerprint density at radius 1 is 1.40 bits per heavy atom. The number of ether oxygens (including phenoxy) is 1. The molecule has 1 aromatic carbocycles. The number of methoxy groups -OCH3 is 1. The third kappa shape index (κ3) is 4.34. The van der Waals surface area contributed by atoms with Crippen molar-refractivity contribution in [3.63, 3.8) is 0 Å². The maximum atomic E-state index is 11.4. The fourth-order valence-corrected chi connectivity index (χ4v) is 1.38. The predicted octanol–water partition coefficient (Wildman–Crippen LogP) is 1.75. The van der Waals surface area contributed by atoms with Crippen molar-refractivity contribution >= 4 is 21.8 Å². The lowest BCUT2D eigenvalue weighted by Crippen LogP contribution is -2.26. The number of carbonyl (C=O) groups is 1. The molecule has 0 aromatic heterocycles. The van der Waals surface area contributed by atoms with E-state index in [1.807, 2.05) is 24.3 Å². The Hall–Kier alpha value is -1.03. The predicted molar refractivity (Wildman–Crippen MR) is 63.5 cm³/mol. The quantitative estimate of drug-likeness (QED) is 0.829. The Bertz CT molecular complexity index is 311. The Kier molecular flexibility index (Phi) is 5.18. The van der Waals surface area contributed by atoms with Gasteiger partial charge < -0.3 is 10.1 Å². The van der Waals surface area contributed by atoms with Crippen molar-refractivity contribution in [2.45, 2.75) is 6.42 Å². The van der Waals surface area contributed by atoms with Gasteiger partial charge in [-0.2, -0.15) is 0 Å². The fraction of sp³-hybridized carbons (Fsp3) is 0.364. The second-order valence-electron chi connectivity index (χ2n) is 3.06. The minimum Gasteiger partial charge on any atom is -0.497 e. The molecule has 15 heavy (non-hydrogen) atoms. The SMILES string of the molecule is COc1ccc(CC(=O)NCCBr)cc1. The first-order valence-corrected chi connectivity index (χ1v) is 5.84. The van der Waals surface area contributed by atoms with Crippen LogP contribution in [0.3, 0.4) is 0 Å². The number of nitrogens with one attached hydrogen (secondary N) is 1. The molecule has 1 N–H and O–H groups in total. The van der Waals surface area contributed by atoms with Gasteiger partial charge in [-0.3, -0.25) is 4.79 Å². The molecule has 82 valence electrons. The minimum absolute atomic E-state index is 0.0413. The Balaban J connectivity index is 2.46. The first-order valence-electron chi connectivity index (χ1n) is 4.72. The number of benzene rings is 1. The van der Waals surface area contributed by atoms with Gasteiger partial charge in [0.15, 0.2) is 0 Å². The number of hydrogen-bond donors (Lipinski definition) is 1. The van der Waals surface area contributed by atoms with Crippen LogP contribution in [0, 0.1) is 0 Å². The molecule has 0 aliphatic heterocycles. The van der Waals surface area contributed by atoms with Gasteiger partial charge in [0.25, 0.3) is 0 Å². The molecule has 1 rings (SSSR count). The molecule has 0 atom stereocenters. The molecular formula is C11H14BrNO2. The highest BCUT2D eigenvalue weighted by molar-refractivity contribution is 9.09. The summed E-state index contributed by atoms with van der Waals surface area (Å²) >= 11 is 3.25. The summed E-state index contributed by atoms with van der Waals surface area (Å²) in [5.41, 5.74) is 0.989. The molecule has 0 radical (unpaired) electrons. The molecule has 0 spiro atoms. The average Bonchev–Trinajstić information content (AvgIpc) is 2.27. The van der Waals surface area contributed by atoms with Crippen LogP contribution in [-0.4, -0.2) is 24.9 Å². The summed E-state index contributed by atoms with van der Waals surface area (Å²) in [4.78, 5) is 11.4. The van der Waals surface area contributed by atoms with E-state index in [1.54, 1.807) is 7.11 Å². The number of amides is 1. The van der Waals surface area contributed by atoms with Gasteiger partial charge in [0.2, 0.25) is 5.91 Å². The van der Waals surface area contributed by atoms with Gasteiger partial charge in [0.05, 0.1) is 13.5 Å². The van der Waals surface area contributed by atoms with E-state index in [-0.39, 0.29) is 5.91 Å². The van der Waals surface area contributed by atoms with Crippen molar-refractivity contribution in [2.75, 3.05) is 19.0 Å². The first kappa shape index (κ1) is 12.0. The highest BCUT2D eigenvalue weighted by atomic mass is 79.9. The summed E-state index contributed by atoms with van der Waals surface area (Å²) in [6, 6.07) is 7.50. The highest BCUT2D eigenvalue weighted by Crippen LogP contribution is 2.11. The zero-order chi connectivity index (χ0) is 11.1. The molecule has 0 fully saturated rings. The summed E-state index contributed by atoms with van der Waals surface area (Å²) in [5, 5.41) is 3.57. The average molecular weight is 272 g/mol. The maximum Gasteiger partial charge on any atom is 0.224 e. The van der Waals surface area contributed by atoms with E-state index in [9.17, 15) is 4.79 Å². The number of halogens is 1. The summed E-state index contributed by atoms with van der Waals surface area (Å²) in [7, 11) is 1.62. The zero-order valence-corrected chi connectivity index (χ0v) is 10.2. The van der Waals surface area contributed by atoms with E-state index in [0.29, 0.717) is 13.0 Å². The van der Waals surface area contributed by atoms with Gasteiger partial charge in [-0.05, 0) is 17.7 Å². The van der Waals surface area contributed by atoms with Gasteiger partial charge in [-0.15, -0.1) is 0 Å². The zero-order valence-electron chi connectivity index (χ0n) is 8.63. The number of alkyl halides is 1. The highest BCUT2D eigenvalue weighted by Gasteiger charge is 2.02. The van der Waals surface area contributed by atoms with Crippen molar-refractivity contribution < 1.29 is 9.53 Å². The topological polar surface area (TPSA) is 38.3 Å². The lowest BCUT2D eigenvalue weighted by molar-refractivity contribution is -0.120. The second-order valence-corrected chi connectivity index (χ2v) is 3.86. The molecule has 0 saturated carbocycles. The molecule has 0 aliphatic carbocycles. The van der Waals surface area contributed by atoms with E-state index in [4.69, 9.17) is 4.74 Å². The second kappa shape index (κ2) is 6.45. The summed E-state index contributed by atoms with van der Waals surface area (Å²) in [6.07, 6.45) is 0.414. The van der Waals surface area contributed by atoms with Crippen LogP contribution in [0.15, 0.2) is 24.3 Å². The van der Waals surface area contributed by atoms with Crippen molar-refractivity contribution in [1.82, 2.24) is 5.32 Å². The molecule has 0 saturated heterocycles. The van der Waals surface area contributed by atoms with Gasteiger partial charge >= 0.3 is 0 Å².